The molecule has 162 valence electrons. The minimum Gasteiger partial charge on any atom is -0.481 e. The number of methoxy groups -OCH3 is 1. The number of nitrogens with zero attached hydrogens (tertiary/aromatic N) is 3. The van der Waals surface area contributed by atoms with Crippen LogP contribution >= 0.6 is 0 Å². The molecule has 0 spiro atoms. The van der Waals surface area contributed by atoms with Gasteiger partial charge in [0.15, 0.2) is 0 Å². The van der Waals surface area contributed by atoms with E-state index in [1.165, 1.54) is 0 Å². The molecule has 6 heteroatoms. The summed E-state index contributed by atoms with van der Waals surface area (Å²) in [6, 6.07) is 14.0. The Balaban J connectivity index is 1.70. The zero-order chi connectivity index (χ0) is 22.5. The lowest BCUT2D eigenvalue weighted by Crippen LogP contribution is -2.20. The third-order valence-electron chi connectivity index (χ3n) is 5.14. The summed E-state index contributed by atoms with van der Waals surface area (Å²) >= 11 is 0. The second-order valence-electron chi connectivity index (χ2n) is 7.33. The van der Waals surface area contributed by atoms with E-state index in [0.29, 0.717) is 19.0 Å². The van der Waals surface area contributed by atoms with Crippen LogP contribution in [0.2, 0.25) is 0 Å². The van der Waals surface area contributed by atoms with E-state index in [0.717, 1.165) is 44.2 Å². The summed E-state index contributed by atoms with van der Waals surface area (Å²) in [6.45, 7) is 7.44. The monoisotopic (exact) mass is 426 g/mol. The van der Waals surface area contributed by atoms with Gasteiger partial charge in [-0.3, -0.25) is 4.68 Å². The first-order valence-corrected chi connectivity index (χ1v) is 10.4. The molecule has 2 N–H and O–H groups in total. The molecule has 0 aliphatic carbocycles. The van der Waals surface area contributed by atoms with Gasteiger partial charge in [0.25, 0.3) is 0 Å². The van der Waals surface area contributed by atoms with Crippen molar-refractivity contribution in [2.45, 2.75) is 13.5 Å². The van der Waals surface area contributed by atoms with Crippen LogP contribution in [0.25, 0.3) is 34.6 Å². The number of allylic oxidation sites excluding steroid dienone is 2. The predicted molar refractivity (Wildman–Crippen MR) is 127 cm³/mol. The third-order valence-corrected chi connectivity index (χ3v) is 5.14. The molecule has 0 unspecified atom stereocenters. The molecule has 0 amide bonds. The molecular weight excluding hydrogens is 400 g/mol. The first-order valence-electron chi connectivity index (χ1n) is 10.4. The molecule has 32 heavy (non-hydrogen) atoms. The predicted octanol–water partition coefficient (Wildman–Crippen LogP) is 3.36. The molecule has 0 saturated heterocycles. The first-order chi connectivity index (χ1) is 15.6. The summed E-state index contributed by atoms with van der Waals surface area (Å²) in [7, 11) is 1.60. The zero-order valence-corrected chi connectivity index (χ0v) is 18.3. The minimum atomic E-state index is 0.563. The highest BCUT2D eigenvalue weighted by molar-refractivity contribution is 5.73. The maximum Gasteiger partial charge on any atom is 0.212 e. The Labute approximate surface area is 187 Å². The quantitative estimate of drug-likeness (QED) is 0.490. The van der Waals surface area contributed by atoms with Crippen LogP contribution in [0.4, 0.5) is 0 Å². The Morgan fingerprint density at radius 3 is 2.56 bits per heavy atom. The van der Waals surface area contributed by atoms with E-state index in [1.54, 1.807) is 13.3 Å². The van der Waals surface area contributed by atoms with Crippen molar-refractivity contribution in [1.82, 2.24) is 14.8 Å². The number of benzene rings is 1. The van der Waals surface area contributed by atoms with E-state index < -0.39 is 0 Å². The summed E-state index contributed by atoms with van der Waals surface area (Å²) in [5.74, 6) is 1.33. The average molecular weight is 427 g/mol. The second-order valence-corrected chi connectivity index (χ2v) is 7.33. The van der Waals surface area contributed by atoms with Crippen LogP contribution in [0.1, 0.15) is 12.5 Å². The number of rotatable bonds is 7. The summed E-state index contributed by atoms with van der Waals surface area (Å²) in [5.41, 5.74) is 11.3. The standard InChI is InChI=1S/C26H26N4O2/c1-4-5-23(21-10-11-25(31-3)28-15-21)26-18(2)14-24(32-26)20-8-6-19(7-9-20)22-16-29-30(17-22)13-12-27/h4-11,14-17H,2,12-13,27H2,1,3H3/b5-4-,26-23-. The van der Waals surface area contributed by atoms with Crippen molar-refractivity contribution in [2.24, 2.45) is 5.73 Å². The van der Waals surface area contributed by atoms with Gasteiger partial charge in [0, 0.05) is 52.5 Å². The van der Waals surface area contributed by atoms with Gasteiger partial charge < -0.3 is 14.9 Å². The van der Waals surface area contributed by atoms with E-state index in [9.17, 15) is 0 Å². The molecule has 0 aliphatic heterocycles. The fraction of sp³-hybridized carbons (Fsp3) is 0.154. The van der Waals surface area contributed by atoms with Gasteiger partial charge in [-0.15, -0.1) is 0 Å². The van der Waals surface area contributed by atoms with Crippen molar-refractivity contribution >= 4 is 12.2 Å². The topological polar surface area (TPSA) is 79.1 Å². The van der Waals surface area contributed by atoms with Gasteiger partial charge in [0.05, 0.1) is 19.9 Å². The molecule has 3 heterocycles. The molecule has 1 aromatic carbocycles. The smallest absolute Gasteiger partial charge is 0.212 e. The molecule has 6 nitrogen and oxygen atoms in total. The van der Waals surface area contributed by atoms with Gasteiger partial charge in [0.1, 0.15) is 11.2 Å². The van der Waals surface area contributed by atoms with Crippen molar-refractivity contribution < 1.29 is 9.15 Å². The SMILES string of the molecule is C=c1cc(-c2ccc(-c3cnn(CCN)c3)cc2)o/c1=C(/C=C\C)c1ccc(OC)nc1. The number of hydrogen-bond donors (Lipinski definition) is 1. The lowest BCUT2D eigenvalue weighted by Gasteiger charge is -2.03. The van der Waals surface area contributed by atoms with Crippen LogP contribution < -0.4 is 21.1 Å². The average Bonchev–Trinajstić information content (AvgIpc) is 3.45. The van der Waals surface area contributed by atoms with Gasteiger partial charge in [-0.1, -0.05) is 43.0 Å². The molecule has 0 fully saturated rings. The molecule has 0 radical (unpaired) electrons. The van der Waals surface area contributed by atoms with E-state index >= 15 is 0 Å². The minimum absolute atomic E-state index is 0.563. The summed E-state index contributed by atoms with van der Waals surface area (Å²) in [4.78, 5) is 4.32. The second kappa shape index (κ2) is 9.49. The molecule has 0 bridgehead atoms. The third kappa shape index (κ3) is 4.40. The van der Waals surface area contributed by atoms with Crippen molar-refractivity contribution in [3.63, 3.8) is 0 Å². The highest BCUT2D eigenvalue weighted by atomic mass is 16.5. The van der Waals surface area contributed by atoms with Gasteiger partial charge in [0.2, 0.25) is 5.88 Å². The van der Waals surface area contributed by atoms with Crippen LogP contribution in [-0.4, -0.2) is 28.4 Å². The number of nitrogens with two attached hydrogens (primary N) is 1. The number of aromatic nitrogens is 3. The molecular formula is C26H26N4O2. The maximum atomic E-state index is 6.27. The molecule has 0 aliphatic rings. The number of furan rings is 1. The van der Waals surface area contributed by atoms with Crippen LogP contribution in [0.3, 0.4) is 0 Å². The molecule has 4 rings (SSSR count). The largest absolute Gasteiger partial charge is 0.481 e. The van der Waals surface area contributed by atoms with Crippen molar-refractivity contribution in [3.05, 3.63) is 89.4 Å². The van der Waals surface area contributed by atoms with Crippen molar-refractivity contribution in [1.29, 1.82) is 0 Å². The Bertz CT molecular complexity index is 1330. The van der Waals surface area contributed by atoms with Crippen LogP contribution in [-0.2, 0) is 6.54 Å². The van der Waals surface area contributed by atoms with E-state index in [4.69, 9.17) is 14.9 Å². The van der Waals surface area contributed by atoms with E-state index in [2.05, 4.69) is 28.8 Å². The first kappa shape index (κ1) is 21.3. The Morgan fingerprint density at radius 2 is 1.91 bits per heavy atom. The zero-order valence-electron chi connectivity index (χ0n) is 18.3. The number of ether oxygens (including phenoxy) is 1. The van der Waals surface area contributed by atoms with E-state index in [-0.39, 0.29) is 0 Å². The Kier molecular flexibility index (Phi) is 6.33. The Hall–Kier alpha value is -3.90. The maximum absolute atomic E-state index is 6.27. The number of hydrogen-bond acceptors (Lipinski definition) is 5. The summed E-state index contributed by atoms with van der Waals surface area (Å²) in [6.07, 6.45) is 9.60. The van der Waals surface area contributed by atoms with Gasteiger partial charge in [-0.05, 0) is 24.6 Å². The highest BCUT2D eigenvalue weighted by Gasteiger charge is 2.09. The summed E-state index contributed by atoms with van der Waals surface area (Å²) in [5, 5.41) is 5.16. The van der Waals surface area contributed by atoms with E-state index in [1.807, 2.05) is 66.5 Å². The van der Waals surface area contributed by atoms with Crippen LogP contribution in [0.15, 0.2) is 77.6 Å². The Morgan fingerprint density at radius 1 is 1.12 bits per heavy atom. The fourth-order valence-electron chi connectivity index (χ4n) is 3.52. The van der Waals surface area contributed by atoms with Gasteiger partial charge in [-0.25, -0.2) is 4.98 Å². The normalized spacial score (nSPS) is 12.3. The lowest BCUT2D eigenvalue weighted by atomic mass is 10.1. The fourth-order valence-corrected chi connectivity index (χ4v) is 3.52. The van der Waals surface area contributed by atoms with Crippen molar-refractivity contribution in [2.75, 3.05) is 13.7 Å². The van der Waals surface area contributed by atoms with Crippen molar-refractivity contribution in [3.8, 4) is 28.3 Å². The highest BCUT2D eigenvalue weighted by Crippen LogP contribution is 2.24. The van der Waals surface area contributed by atoms with Crippen LogP contribution in [0, 0.1) is 0 Å². The van der Waals surface area contributed by atoms with Crippen LogP contribution in [0.5, 0.6) is 5.88 Å². The van der Waals surface area contributed by atoms with Gasteiger partial charge >= 0.3 is 0 Å². The molecule has 0 atom stereocenters. The molecule has 4 aromatic rings. The number of pyridine rings is 1. The molecule has 3 aromatic heterocycles. The lowest BCUT2D eigenvalue weighted by molar-refractivity contribution is 0.398. The summed E-state index contributed by atoms with van der Waals surface area (Å²) < 4.78 is 13.3. The van der Waals surface area contributed by atoms with Gasteiger partial charge in [-0.2, -0.15) is 5.10 Å². The molecule has 0 saturated carbocycles.